The van der Waals surface area contributed by atoms with Gasteiger partial charge in [-0.3, -0.25) is 14.1 Å². The normalized spacial score (nSPS) is 20.3. The number of aromatic nitrogens is 1. The monoisotopic (exact) mass is 478 g/mol. The highest BCUT2D eigenvalue weighted by Crippen LogP contribution is 2.45. The van der Waals surface area contributed by atoms with Crippen LogP contribution in [0.4, 0.5) is 5.69 Å². The number of aliphatic imine (C=N–C) groups is 1. The van der Waals surface area contributed by atoms with Gasteiger partial charge in [0.15, 0.2) is 5.17 Å². The minimum atomic E-state index is -3.35. The van der Waals surface area contributed by atoms with Crippen molar-refractivity contribution in [3.63, 3.8) is 0 Å². The van der Waals surface area contributed by atoms with Crippen LogP contribution in [0.1, 0.15) is 18.5 Å². The molecule has 1 saturated carbocycles. The average Bonchev–Trinajstić information content (AvgIpc) is 3.23. The molecule has 4 rings (SSSR count). The number of nitrogens with zero attached hydrogens (tertiary/aromatic N) is 3. The summed E-state index contributed by atoms with van der Waals surface area (Å²) in [5, 5.41) is 15.3. The third kappa shape index (κ3) is 5.00. The quantitative estimate of drug-likeness (QED) is 0.592. The smallest absolute Gasteiger partial charge is 0.264 e. The van der Waals surface area contributed by atoms with Crippen LogP contribution >= 0.6 is 23.1 Å². The molecule has 1 aliphatic heterocycles. The van der Waals surface area contributed by atoms with Gasteiger partial charge in [-0.05, 0) is 42.8 Å². The fourth-order valence-corrected chi connectivity index (χ4v) is 5.01. The molecule has 1 aliphatic carbocycles. The van der Waals surface area contributed by atoms with E-state index in [1.165, 1.54) is 34.5 Å². The number of aliphatic hydroxyl groups excluding tert-OH is 1. The van der Waals surface area contributed by atoms with Gasteiger partial charge < -0.3 is 10.4 Å². The number of hydrogen-bond donors (Lipinski definition) is 2. The molecule has 2 heterocycles. The number of anilines is 1. The first-order valence-corrected chi connectivity index (χ1v) is 13.1. The van der Waals surface area contributed by atoms with Crippen LogP contribution < -0.4 is 9.62 Å². The van der Waals surface area contributed by atoms with Crippen LogP contribution in [0.2, 0.25) is 0 Å². The number of amides is 1. The first-order chi connectivity index (χ1) is 14.7. The molecule has 2 aliphatic rings. The van der Waals surface area contributed by atoms with Gasteiger partial charge in [-0.15, -0.1) is 11.3 Å². The van der Waals surface area contributed by atoms with Crippen LogP contribution in [0.5, 0.6) is 0 Å². The van der Waals surface area contributed by atoms with Crippen molar-refractivity contribution in [2.24, 2.45) is 10.4 Å². The van der Waals surface area contributed by atoms with Crippen molar-refractivity contribution in [3.05, 3.63) is 40.2 Å². The Bertz CT molecular complexity index is 1180. The Balaban J connectivity index is 1.50. The first-order valence-electron chi connectivity index (χ1n) is 9.55. The molecule has 164 valence electrons. The lowest BCUT2D eigenvalue weighted by atomic mass is 10.1. The highest BCUT2D eigenvalue weighted by atomic mass is 32.2. The van der Waals surface area contributed by atoms with Crippen molar-refractivity contribution in [2.75, 3.05) is 30.8 Å². The summed E-state index contributed by atoms with van der Waals surface area (Å²) >= 11 is 2.68. The van der Waals surface area contributed by atoms with Gasteiger partial charge in [0, 0.05) is 30.0 Å². The molecule has 0 radical (unpaired) electrons. The number of hydrogen-bond acceptors (Lipinski definition) is 8. The number of carbonyl (C=O) groups excluding carboxylic acids is 1. The van der Waals surface area contributed by atoms with Crippen molar-refractivity contribution >= 4 is 56.0 Å². The zero-order chi connectivity index (χ0) is 22.2. The summed E-state index contributed by atoms with van der Waals surface area (Å²) in [6.45, 7) is 0.631. The molecule has 0 bridgehead atoms. The zero-order valence-corrected chi connectivity index (χ0v) is 19.5. The van der Waals surface area contributed by atoms with Gasteiger partial charge in [0.2, 0.25) is 10.0 Å². The molecule has 2 aromatic rings. The van der Waals surface area contributed by atoms with Gasteiger partial charge in [0.25, 0.3) is 5.91 Å². The summed E-state index contributed by atoms with van der Waals surface area (Å²) in [5.41, 5.74) is 1.90. The van der Waals surface area contributed by atoms with Gasteiger partial charge in [0.05, 0.1) is 29.1 Å². The first kappa shape index (κ1) is 22.0. The Morgan fingerprint density at radius 3 is 2.84 bits per heavy atom. The van der Waals surface area contributed by atoms with E-state index in [2.05, 4.69) is 15.3 Å². The summed E-state index contributed by atoms with van der Waals surface area (Å²) < 4.78 is 24.8. The third-order valence-corrected chi connectivity index (χ3v) is 8.32. The van der Waals surface area contributed by atoms with Gasteiger partial charge in [0.1, 0.15) is 5.01 Å². The largest absolute Gasteiger partial charge is 0.396 e. The van der Waals surface area contributed by atoms with Gasteiger partial charge in [-0.1, -0.05) is 12.1 Å². The second-order valence-corrected chi connectivity index (χ2v) is 11.6. The Labute approximate surface area is 189 Å². The van der Waals surface area contributed by atoms with Crippen LogP contribution in [-0.4, -0.2) is 56.0 Å². The van der Waals surface area contributed by atoms with E-state index in [1.54, 1.807) is 24.3 Å². The van der Waals surface area contributed by atoms with Crippen molar-refractivity contribution < 1.29 is 18.3 Å². The van der Waals surface area contributed by atoms with Crippen molar-refractivity contribution in [1.82, 2.24) is 10.3 Å². The predicted molar refractivity (Wildman–Crippen MR) is 126 cm³/mol. The van der Waals surface area contributed by atoms with Crippen LogP contribution in [-0.2, 0) is 14.8 Å². The van der Waals surface area contributed by atoms with Gasteiger partial charge >= 0.3 is 0 Å². The molecule has 2 fully saturated rings. The summed E-state index contributed by atoms with van der Waals surface area (Å²) in [4.78, 5) is 21.8. The number of sulfonamides is 1. The fourth-order valence-electron chi connectivity index (χ4n) is 2.93. The third-order valence-electron chi connectivity index (χ3n) is 5.26. The molecule has 0 atom stereocenters. The minimum absolute atomic E-state index is 0.103. The summed E-state index contributed by atoms with van der Waals surface area (Å²) in [6.07, 6.45) is 4.80. The minimum Gasteiger partial charge on any atom is -0.396 e. The molecular formula is C20H22N4O4S3. The van der Waals surface area contributed by atoms with E-state index in [9.17, 15) is 18.3 Å². The Morgan fingerprint density at radius 2 is 2.16 bits per heavy atom. The molecule has 1 aromatic heterocycles. The lowest BCUT2D eigenvalue weighted by Crippen LogP contribution is -2.24. The van der Waals surface area contributed by atoms with Crippen molar-refractivity contribution in [3.8, 4) is 10.6 Å². The van der Waals surface area contributed by atoms with Crippen LogP contribution in [0.15, 0.2) is 39.5 Å². The molecule has 1 aromatic carbocycles. The van der Waals surface area contributed by atoms with E-state index in [-0.39, 0.29) is 17.9 Å². The maximum atomic E-state index is 12.3. The standard InChI is InChI=1S/C20H22N4O4S3/c1-24(31(2,27)28)15-5-3-4-13(8-15)18-22-14(10-29-18)9-16-17(26)23-19(30-16)21-11-20(12-25)6-7-20/h3-5,8-10,25H,6-7,11-12H2,1-2H3,(H,21,23,26)/b16-9+. The maximum absolute atomic E-state index is 12.3. The number of benzene rings is 1. The SMILES string of the molecule is CN(c1cccc(-c2nc(/C=C3/SC(=NCC4(CO)CC4)NC3=O)cs2)c1)S(C)(=O)=O. The molecule has 0 spiro atoms. The van der Waals surface area contributed by atoms with E-state index < -0.39 is 10.0 Å². The number of thioether (sulfide) groups is 1. The average molecular weight is 479 g/mol. The van der Waals surface area contributed by atoms with Crippen molar-refractivity contribution in [1.29, 1.82) is 0 Å². The molecule has 31 heavy (non-hydrogen) atoms. The number of aliphatic hydroxyl groups is 1. The highest BCUT2D eigenvalue weighted by molar-refractivity contribution is 8.18. The lowest BCUT2D eigenvalue weighted by Gasteiger charge is -2.16. The topological polar surface area (TPSA) is 112 Å². The Hall–Kier alpha value is -2.21. The molecule has 1 saturated heterocycles. The number of rotatable bonds is 7. The summed E-state index contributed by atoms with van der Waals surface area (Å²) in [7, 11) is -1.85. The van der Waals surface area contributed by atoms with Crippen LogP contribution in [0, 0.1) is 5.41 Å². The van der Waals surface area contributed by atoms with Crippen LogP contribution in [0.25, 0.3) is 16.6 Å². The number of nitrogens with one attached hydrogen (secondary N) is 1. The van der Waals surface area contributed by atoms with Crippen molar-refractivity contribution in [2.45, 2.75) is 12.8 Å². The number of thiazole rings is 1. The van der Waals surface area contributed by atoms with E-state index in [4.69, 9.17) is 0 Å². The van der Waals surface area contributed by atoms with Gasteiger partial charge in [-0.2, -0.15) is 0 Å². The van der Waals surface area contributed by atoms with E-state index in [0.717, 1.165) is 29.7 Å². The second kappa shape index (κ2) is 8.38. The van der Waals surface area contributed by atoms with Gasteiger partial charge in [-0.25, -0.2) is 13.4 Å². The molecule has 0 unspecified atom stereocenters. The molecule has 1 amide bonds. The highest BCUT2D eigenvalue weighted by Gasteiger charge is 2.42. The van der Waals surface area contributed by atoms with Crippen LogP contribution in [0.3, 0.4) is 0 Å². The van der Waals surface area contributed by atoms with E-state index >= 15 is 0 Å². The molecular weight excluding hydrogens is 456 g/mol. The second-order valence-electron chi connectivity index (χ2n) is 7.70. The summed E-state index contributed by atoms with van der Waals surface area (Å²) in [6, 6.07) is 7.15. The number of amidine groups is 1. The summed E-state index contributed by atoms with van der Waals surface area (Å²) in [5.74, 6) is -0.219. The van der Waals surface area contributed by atoms with E-state index in [1.807, 2.05) is 11.4 Å². The lowest BCUT2D eigenvalue weighted by molar-refractivity contribution is -0.115. The molecule has 8 nitrogen and oxygen atoms in total. The predicted octanol–water partition coefficient (Wildman–Crippen LogP) is 2.54. The number of carbonyl (C=O) groups is 1. The zero-order valence-electron chi connectivity index (χ0n) is 17.0. The Kier molecular flexibility index (Phi) is 5.95. The van der Waals surface area contributed by atoms with E-state index in [0.29, 0.717) is 28.0 Å². The molecule has 11 heteroatoms. The maximum Gasteiger partial charge on any atom is 0.264 e. The molecule has 2 N–H and O–H groups in total. The fraction of sp³-hybridized carbons (Fsp3) is 0.350. The Morgan fingerprint density at radius 1 is 1.39 bits per heavy atom.